The van der Waals surface area contributed by atoms with E-state index in [1.807, 2.05) is 73.7 Å². The molecular formula is C32H35N3O4. The normalized spacial score (nSPS) is 20.5. The molecule has 0 saturated heterocycles. The van der Waals surface area contributed by atoms with Crippen molar-refractivity contribution in [2.24, 2.45) is 4.99 Å². The van der Waals surface area contributed by atoms with Gasteiger partial charge in [-0.25, -0.2) is 10.4 Å². The molecule has 1 amide bonds. The molecule has 0 bridgehead atoms. The van der Waals surface area contributed by atoms with E-state index in [0.29, 0.717) is 31.1 Å². The molecular weight excluding hydrogens is 490 g/mol. The zero-order valence-corrected chi connectivity index (χ0v) is 22.2. The van der Waals surface area contributed by atoms with Crippen molar-refractivity contribution in [3.05, 3.63) is 107 Å². The molecule has 0 saturated carbocycles. The van der Waals surface area contributed by atoms with Gasteiger partial charge in [0.25, 0.3) is 5.91 Å². The number of carbonyl (C=O) groups is 1. The first-order valence-corrected chi connectivity index (χ1v) is 13.5. The second-order valence-electron chi connectivity index (χ2n) is 10.0. The molecule has 1 heterocycles. The summed E-state index contributed by atoms with van der Waals surface area (Å²) in [5.41, 5.74) is 9.57. The van der Waals surface area contributed by atoms with Crippen molar-refractivity contribution in [1.82, 2.24) is 10.9 Å². The number of rotatable bonds is 11. The number of nitrogens with zero attached hydrogens (tertiary/aromatic N) is 1. The van der Waals surface area contributed by atoms with Crippen LogP contribution in [0.25, 0.3) is 6.08 Å². The van der Waals surface area contributed by atoms with Gasteiger partial charge in [0.1, 0.15) is 11.9 Å². The first-order valence-electron chi connectivity index (χ1n) is 13.5. The van der Waals surface area contributed by atoms with Gasteiger partial charge in [-0.1, -0.05) is 66.7 Å². The van der Waals surface area contributed by atoms with E-state index in [-0.39, 0.29) is 18.6 Å². The number of hydrazine groups is 1. The van der Waals surface area contributed by atoms with Crippen LogP contribution < -0.4 is 15.6 Å². The Morgan fingerprint density at radius 3 is 2.44 bits per heavy atom. The number of nitrogens with one attached hydrogen (secondary N) is 2. The highest BCUT2D eigenvalue weighted by Crippen LogP contribution is 2.33. The van der Waals surface area contributed by atoms with Crippen molar-refractivity contribution in [2.45, 2.75) is 50.3 Å². The van der Waals surface area contributed by atoms with E-state index >= 15 is 0 Å². The van der Waals surface area contributed by atoms with E-state index in [0.717, 1.165) is 24.0 Å². The number of benzene rings is 3. The average molecular weight is 526 g/mol. The van der Waals surface area contributed by atoms with Crippen molar-refractivity contribution in [1.29, 1.82) is 0 Å². The van der Waals surface area contributed by atoms with Crippen LogP contribution in [0.15, 0.2) is 89.9 Å². The largest absolute Gasteiger partial charge is 0.494 e. The molecule has 0 unspecified atom stereocenters. The summed E-state index contributed by atoms with van der Waals surface area (Å²) in [6.45, 7) is 2.43. The van der Waals surface area contributed by atoms with Gasteiger partial charge in [0.2, 0.25) is 5.90 Å². The molecule has 1 aliphatic carbocycles. The minimum absolute atomic E-state index is 0.0893. The molecule has 2 aliphatic rings. The maximum absolute atomic E-state index is 13.8. The predicted molar refractivity (Wildman–Crippen MR) is 152 cm³/mol. The molecule has 39 heavy (non-hydrogen) atoms. The topological polar surface area (TPSA) is 92.2 Å². The van der Waals surface area contributed by atoms with Crippen LogP contribution in [0.3, 0.4) is 0 Å². The number of aliphatic hydroxyl groups is 1. The second kappa shape index (κ2) is 12.3. The fourth-order valence-corrected chi connectivity index (χ4v) is 5.06. The lowest BCUT2D eigenvalue weighted by atomic mass is 9.89. The summed E-state index contributed by atoms with van der Waals surface area (Å²) < 4.78 is 11.8. The monoisotopic (exact) mass is 525 g/mol. The predicted octanol–water partition coefficient (Wildman–Crippen LogP) is 4.24. The van der Waals surface area contributed by atoms with Crippen molar-refractivity contribution >= 4 is 17.9 Å². The minimum atomic E-state index is -1.13. The number of aliphatic imine (C=N–C) groups is 1. The molecule has 1 aliphatic heterocycles. The van der Waals surface area contributed by atoms with Crippen LogP contribution in [-0.2, 0) is 22.4 Å². The number of aliphatic hydroxyl groups excluding tert-OH is 1. The van der Waals surface area contributed by atoms with E-state index in [1.165, 1.54) is 11.1 Å². The van der Waals surface area contributed by atoms with E-state index in [9.17, 15) is 4.79 Å². The Morgan fingerprint density at radius 2 is 1.74 bits per heavy atom. The number of carbonyl (C=O) groups excluding carboxylic acids is 1. The third kappa shape index (κ3) is 6.21. The first kappa shape index (κ1) is 26.7. The maximum Gasteiger partial charge on any atom is 0.266 e. The molecule has 5 rings (SSSR count). The zero-order chi connectivity index (χ0) is 27.1. The highest BCUT2D eigenvalue weighted by Gasteiger charge is 2.49. The fourth-order valence-electron chi connectivity index (χ4n) is 5.06. The van der Waals surface area contributed by atoms with Gasteiger partial charge in [0, 0.05) is 31.1 Å². The average Bonchev–Trinajstić information content (AvgIpc) is 3.54. The zero-order valence-electron chi connectivity index (χ0n) is 22.2. The highest BCUT2D eigenvalue weighted by atomic mass is 16.5. The van der Waals surface area contributed by atoms with E-state index in [1.54, 1.807) is 0 Å². The lowest BCUT2D eigenvalue weighted by Gasteiger charge is -2.28. The molecule has 0 radical (unpaired) electrons. The minimum Gasteiger partial charge on any atom is -0.494 e. The smallest absolute Gasteiger partial charge is 0.266 e. The SMILES string of the molecule is C[C@@H]1OC(c2ccc(OCCCO)cc2)=N[C@]1(C/C=C/c1ccccc1)C(=O)NNC1Cc2ccccc2C1. The van der Waals surface area contributed by atoms with E-state index in [2.05, 4.69) is 35.1 Å². The molecule has 3 aromatic carbocycles. The number of amides is 1. The highest BCUT2D eigenvalue weighted by molar-refractivity contribution is 6.00. The summed E-state index contributed by atoms with van der Waals surface area (Å²) in [4.78, 5) is 18.7. The van der Waals surface area contributed by atoms with Crippen molar-refractivity contribution in [3.63, 3.8) is 0 Å². The molecule has 0 spiro atoms. The summed E-state index contributed by atoms with van der Waals surface area (Å²) in [6, 6.07) is 26.0. The Labute approximate surface area is 229 Å². The van der Waals surface area contributed by atoms with Crippen LogP contribution in [0.4, 0.5) is 0 Å². The number of hydrogen-bond acceptors (Lipinski definition) is 6. The van der Waals surface area contributed by atoms with Crippen molar-refractivity contribution < 1.29 is 19.4 Å². The first-order chi connectivity index (χ1) is 19.1. The standard InChI is InChI=1S/C32H35N3O4/c1-23-32(18-7-11-24-9-3-2-4-10-24,31(37)35-34-28-21-26-12-5-6-13-27(26)22-28)33-30(39-23)25-14-16-29(17-15-25)38-20-8-19-36/h2-7,9-17,23,28,34,36H,8,18-22H2,1H3,(H,35,37)/b11-7+/t23-,32-/m0/s1. The summed E-state index contributed by atoms with van der Waals surface area (Å²) in [6.07, 6.45) is 6.21. The van der Waals surface area contributed by atoms with Gasteiger partial charge in [0.15, 0.2) is 5.54 Å². The Balaban J connectivity index is 1.33. The Hall–Kier alpha value is -3.94. The Kier molecular flexibility index (Phi) is 8.39. The molecule has 202 valence electrons. The molecule has 3 aromatic rings. The lowest BCUT2D eigenvalue weighted by Crippen LogP contribution is -2.56. The summed E-state index contributed by atoms with van der Waals surface area (Å²) in [7, 11) is 0. The van der Waals surface area contributed by atoms with Gasteiger partial charge >= 0.3 is 0 Å². The molecule has 2 atom stereocenters. The van der Waals surface area contributed by atoms with Gasteiger partial charge in [-0.2, -0.15) is 0 Å². The number of hydrogen-bond donors (Lipinski definition) is 3. The van der Waals surface area contributed by atoms with Gasteiger partial charge < -0.3 is 14.6 Å². The van der Waals surface area contributed by atoms with Gasteiger partial charge in [-0.15, -0.1) is 0 Å². The third-order valence-electron chi connectivity index (χ3n) is 7.31. The van der Waals surface area contributed by atoms with Crippen molar-refractivity contribution in [2.75, 3.05) is 13.2 Å². The third-order valence-corrected chi connectivity index (χ3v) is 7.31. The number of fused-ring (bicyclic) bond motifs is 1. The van der Waals surface area contributed by atoms with Crippen molar-refractivity contribution in [3.8, 4) is 5.75 Å². The van der Waals surface area contributed by atoms with Crippen LogP contribution in [0.2, 0.25) is 0 Å². The molecule has 0 fully saturated rings. The molecule has 7 nitrogen and oxygen atoms in total. The van der Waals surface area contributed by atoms with Crippen LogP contribution >= 0.6 is 0 Å². The van der Waals surface area contributed by atoms with Gasteiger partial charge in [-0.05, 0) is 60.7 Å². The van der Waals surface area contributed by atoms with Gasteiger partial charge in [0.05, 0.1) is 6.61 Å². The molecule has 0 aromatic heterocycles. The molecule has 7 heteroatoms. The van der Waals surface area contributed by atoms with Crippen LogP contribution in [0.1, 0.15) is 42.0 Å². The summed E-state index contributed by atoms with van der Waals surface area (Å²) in [5.74, 6) is 0.916. The second-order valence-corrected chi connectivity index (χ2v) is 10.0. The van der Waals surface area contributed by atoms with E-state index in [4.69, 9.17) is 19.6 Å². The Morgan fingerprint density at radius 1 is 1.05 bits per heavy atom. The van der Waals surface area contributed by atoms with Crippen LogP contribution in [0.5, 0.6) is 5.75 Å². The van der Waals surface area contributed by atoms with E-state index < -0.39 is 11.6 Å². The molecule has 3 N–H and O–H groups in total. The summed E-state index contributed by atoms with van der Waals surface area (Å²) in [5, 5.41) is 8.96. The van der Waals surface area contributed by atoms with Gasteiger partial charge in [-0.3, -0.25) is 10.2 Å². The summed E-state index contributed by atoms with van der Waals surface area (Å²) >= 11 is 0. The maximum atomic E-state index is 13.8. The number of ether oxygens (including phenoxy) is 2. The van der Waals surface area contributed by atoms with Crippen LogP contribution in [0, 0.1) is 0 Å². The quantitative estimate of drug-likeness (QED) is 0.257. The fraction of sp³-hybridized carbons (Fsp3) is 0.312. The van der Waals surface area contributed by atoms with Crippen LogP contribution in [-0.4, -0.2) is 47.8 Å². The lowest BCUT2D eigenvalue weighted by molar-refractivity contribution is -0.129. The Bertz CT molecular complexity index is 1300.